The van der Waals surface area contributed by atoms with Crippen molar-refractivity contribution in [1.82, 2.24) is 4.90 Å². The lowest BCUT2D eigenvalue weighted by Gasteiger charge is -2.38. The Labute approximate surface area is 136 Å². The highest BCUT2D eigenvalue weighted by molar-refractivity contribution is 7.99. The molecule has 4 heteroatoms. The Morgan fingerprint density at radius 1 is 1.27 bits per heavy atom. The summed E-state index contributed by atoms with van der Waals surface area (Å²) in [6.07, 6.45) is 8.25. The molecule has 0 N–H and O–H groups in total. The first kappa shape index (κ1) is 15.4. The topological polar surface area (TPSA) is 44.1 Å². The monoisotopic (exact) mass is 314 g/mol. The summed E-state index contributed by atoms with van der Waals surface area (Å²) in [5.41, 5.74) is 1.81. The van der Waals surface area contributed by atoms with Gasteiger partial charge < -0.3 is 4.90 Å². The molecule has 2 fully saturated rings. The number of nitrogens with zero attached hydrogens (tertiary/aromatic N) is 2. The first-order valence-electron chi connectivity index (χ1n) is 8.04. The van der Waals surface area contributed by atoms with Crippen LogP contribution >= 0.6 is 11.8 Å². The fourth-order valence-electron chi connectivity index (χ4n) is 3.85. The van der Waals surface area contributed by atoms with Crippen molar-refractivity contribution in [3.63, 3.8) is 0 Å². The molecule has 2 aliphatic rings. The molecule has 0 spiro atoms. The van der Waals surface area contributed by atoms with Crippen molar-refractivity contribution in [2.45, 2.75) is 55.9 Å². The van der Waals surface area contributed by atoms with Crippen molar-refractivity contribution in [3.8, 4) is 6.07 Å². The van der Waals surface area contributed by atoms with Gasteiger partial charge in [0.1, 0.15) is 0 Å². The molecule has 2 heterocycles. The Bertz CT molecular complexity index is 564. The number of nitriles is 1. The van der Waals surface area contributed by atoms with Gasteiger partial charge in [0, 0.05) is 23.8 Å². The molecule has 2 saturated heterocycles. The summed E-state index contributed by atoms with van der Waals surface area (Å²) in [6.45, 7) is 0. The molecule has 1 aromatic carbocycles. The molecule has 2 aliphatic heterocycles. The van der Waals surface area contributed by atoms with Gasteiger partial charge in [0.15, 0.2) is 0 Å². The van der Waals surface area contributed by atoms with Gasteiger partial charge in [-0.25, -0.2) is 0 Å². The van der Waals surface area contributed by atoms with Crippen LogP contribution in [0.2, 0.25) is 0 Å². The van der Waals surface area contributed by atoms with Crippen molar-refractivity contribution in [3.05, 3.63) is 35.4 Å². The second kappa shape index (κ2) is 6.75. The lowest BCUT2D eigenvalue weighted by atomic mass is 10.0. The first-order valence-corrected chi connectivity index (χ1v) is 9.33. The van der Waals surface area contributed by atoms with Crippen LogP contribution in [-0.4, -0.2) is 34.4 Å². The molecule has 3 nitrogen and oxygen atoms in total. The van der Waals surface area contributed by atoms with E-state index in [1.807, 2.05) is 36.0 Å². The number of aryl methyl sites for hydroxylation is 1. The van der Waals surface area contributed by atoms with Crippen LogP contribution in [0.3, 0.4) is 0 Å². The molecule has 0 saturated carbocycles. The molecule has 0 aromatic heterocycles. The van der Waals surface area contributed by atoms with Crippen molar-refractivity contribution in [2.24, 2.45) is 0 Å². The van der Waals surface area contributed by atoms with E-state index >= 15 is 0 Å². The largest absolute Gasteiger partial charge is 0.337 e. The first-order chi connectivity index (χ1) is 10.7. The molecule has 3 rings (SSSR count). The van der Waals surface area contributed by atoms with E-state index in [4.69, 9.17) is 5.26 Å². The van der Waals surface area contributed by atoms with Gasteiger partial charge >= 0.3 is 0 Å². The summed E-state index contributed by atoms with van der Waals surface area (Å²) in [5, 5.41) is 9.55. The Kier molecular flexibility index (Phi) is 4.73. The zero-order valence-corrected chi connectivity index (χ0v) is 13.8. The average molecular weight is 314 g/mol. The number of hydrogen-bond acceptors (Lipinski definition) is 3. The van der Waals surface area contributed by atoms with Crippen LogP contribution in [0.15, 0.2) is 24.3 Å². The molecule has 116 valence electrons. The lowest BCUT2D eigenvalue weighted by Crippen LogP contribution is -2.47. The van der Waals surface area contributed by atoms with Crippen LogP contribution in [0.25, 0.3) is 0 Å². The summed E-state index contributed by atoms with van der Waals surface area (Å²) in [5.74, 6) is 0.316. The molecular weight excluding hydrogens is 292 g/mol. The number of benzene rings is 1. The highest BCUT2D eigenvalue weighted by Gasteiger charge is 2.42. The number of thioether (sulfide) groups is 1. The molecular formula is C18H22N2OS. The van der Waals surface area contributed by atoms with Gasteiger partial charge in [-0.2, -0.15) is 17.0 Å². The van der Waals surface area contributed by atoms with Crippen molar-refractivity contribution < 1.29 is 4.79 Å². The smallest absolute Gasteiger partial charge is 0.223 e. The maximum atomic E-state index is 12.6. The minimum absolute atomic E-state index is 0.316. The minimum atomic E-state index is 0.316. The van der Waals surface area contributed by atoms with Gasteiger partial charge in [-0.1, -0.05) is 12.1 Å². The predicted molar refractivity (Wildman–Crippen MR) is 89.7 cm³/mol. The normalized spacial score (nSPS) is 26.7. The lowest BCUT2D eigenvalue weighted by molar-refractivity contribution is -0.135. The number of carbonyl (C=O) groups excluding carboxylic acids is 1. The highest BCUT2D eigenvalue weighted by atomic mass is 32.2. The molecule has 0 radical (unpaired) electrons. The fraction of sp³-hybridized carbons (Fsp3) is 0.556. The molecule has 0 aliphatic carbocycles. The SMILES string of the molecule is CSC1CC2CCC(C1)N2C(=O)CCc1ccc(C#N)cc1. The number of piperidine rings is 1. The van der Waals surface area contributed by atoms with Gasteiger partial charge in [0.05, 0.1) is 11.6 Å². The van der Waals surface area contributed by atoms with E-state index in [0.29, 0.717) is 30.0 Å². The van der Waals surface area contributed by atoms with Gasteiger partial charge in [0.2, 0.25) is 5.91 Å². The number of carbonyl (C=O) groups is 1. The summed E-state index contributed by atoms with van der Waals surface area (Å²) in [4.78, 5) is 14.8. The molecule has 2 bridgehead atoms. The van der Waals surface area contributed by atoms with E-state index in [0.717, 1.165) is 17.2 Å². The van der Waals surface area contributed by atoms with Gasteiger partial charge in [-0.15, -0.1) is 0 Å². The third-order valence-corrected chi connectivity index (χ3v) is 6.07. The van der Waals surface area contributed by atoms with Crippen LogP contribution in [0.5, 0.6) is 0 Å². The zero-order valence-electron chi connectivity index (χ0n) is 13.0. The Hall–Kier alpha value is -1.47. The van der Waals surface area contributed by atoms with Gasteiger partial charge in [-0.3, -0.25) is 4.79 Å². The molecule has 1 amide bonds. The molecule has 2 unspecified atom stereocenters. The Balaban J connectivity index is 1.57. The number of hydrogen-bond donors (Lipinski definition) is 0. The van der Waals surface area contributed by atoms with E-state index in [1.165, 1.54) is 25.7 Å². The van der Waals surface area contributed by atoms with Crippen molar-refractivity contribution >= 4 is 17.7 Å². The standard InChI is InChI=1S/C18H22N2OS/c1-22-17-10-15-7-8-16(11-17)20(15)18(21)9-6-13-2-4-14(12-19)5-3-13/h2-5,15-17H,6-11H2,1H3. The Morgan fingerprint density at radius 2 is 1.91 bits per heavy atom. The van der Waals surface area contributed by atoms with Crippen LogP contribution in [0, 0.1) is 11.3 Å². The summed E-state index contributed by atoms with van der Waals surface area (Å²) < 4.78 is 0. The molecule has 2 atom stereocenters. The van der Waals surface area contributed by atoms with Gasteiger partial charge in [-0.05, 0) is 56.1 Å². The third-order valence-electron chi connectivity index (χ3n) is 5.02. The number of amides is 1. The van der Waals surface area contributed by atoms with Crippen LogP contribution in [0.4, 0.5) is 0 Å². The van der Waals surface area contributed by atoms with Crippen LogP contribution in [0.1, 0.15) is 43.2 Å². The van der Waals surface area contributed by atoms with E-state index in [2.05, 4.69) is 17.2 Å². The summed E-state index contributed by atoms with van der Waals surface area (Å²) in [7, 11) is 0. The Morgan fingerprint density at radius 3 is 2.45 bits per heavy atom. The second-order valence-corrected chi connectivity index (χ2v) is 7.46. The van der Waals surface area contributed by atoms with Crippen molar-refractivity contribution in [2.75, 3.05) is 6.26 Å². The number of rotatable bonds is 4. The quantitative estimate of drug-likeness (QED) is 0.856. The van der Waals surface area contributed by atoms with E-state index in [9.17, 15) is 4.79 Å². The van der Waals surface area contributed by atoms with E-state index in [1.54, 1.807) is 0 Å². The average Bonchev–Trinajstić information content (AvgIpc) is 2.83. The zero-order chi connectivity index (χ0) is 15.5. The summed E-state index contributed by atoms with van der Waals surface area (Å²) >= 11 is 1.96. The van der Waals surface area contributed by atoms with E-state index < -0.39 is 0 Å². The van der Waals surface area contributed by atoms with Crippen LogP contribution in [-0.2, 0) is 11.2 Å². The van der Waals surface area contributed by atoms with Crippen LogP contribution < -0.4 is 0 Å². The maximum Gasteiger partial charge on any atom is 0.223 e. The fourth-order valence-corrected chi connectivity index (χ4v) is 4.68. The highest BCUT2D eigenvalue weighted by Crippen LogP contribution is 2.39. The van der Waals surface area contributed by atoms with Crippen molar-refractivity contribution in [1.29, 1.82) is 5.26 Å². The molecule has 22 heavy (non-hydrogen) atoms. The van der Waals surface area contributed by atoms with E-state index in [-0.39, 0.29) is 0 Å². The van der Waals surface area contributed by atoms with Gasteiger partial charge in [0.25, 0.3) is 0 Å². The minimum Gasteiger partial charge on any atom is -0.337 e. The predicted octanol–water partition coefficient (Wildman–Crippen LogP) is 3.38. The number of fused-ring (bicyclic) bond motifs is 2. The molecule has 1 aromatic rings. The third kappa shape index (κ3) is 3.15. The maximum absolute atomic E-state index is 12.6. The summed E-state index contributed by atoms with van der Waals surface area (Å²) in [6, 6.07) is 10.6. The second-order valence-electron chi connectivity index (χ2n) is 6.32.